The molecule has 0 unspecified atom stereocenters. The summed E-state index contributed by atoms with van der Waals surface area (Å²) in [7, 11) is 0. The second-order valence-corrected chi connectivity index (χ2v) is 2.82. The molecule has 0 amide bonds. The number of aromatic carboxylic acids is 1. The van der Waals surface area contributed by atoms with Crippen molar-refractivity contribution in [2.75, 3.05) is 0 Å². The van der Waals surface area contributed by atoms with Gasteiger partial charge in [-0.2, -0.15) is 0 Å². The molecule has 0 aliphatic rings. The Kier molecular flexibility index (Phi) is 2.21. The molecule has 76 valence electrons. The quantitative estimate of drug-likeness (QED) is 0.819. The zero-order chi connectivity index (χ0) is 10.8. The number of carbonyl (C=O) groups is 1. The summed E-state index contributed by atoms with van der Waals surface area (Å²) in [5.41, 5.74) is 0.192. The lowest BCUT2D eigenvalue weighted by atomic mass is 10.2. The van der Waals surface area contributed by atoms with Gasteiger partial charge in [0, 0.05) is 6.20 Å². The van der Waals surface area contributed by atoms with Crippen LogP contribution in [-0.4, -0.2) is 16.1 Å². The maximum atomic E-state index is 13.2. The van der Waals surface area contributed by atoms with Crippen LogP contribution in [0, 0.1) is 5.82 Å². The molecule has 2 aromatic heterocycles. The van der Waals surface area contributed by atoms with E-state index in [0.717, 1.165) is 6.20 Å². The summed E-state index contributed by atoms with van der Waals surface area (Å²) in [5, 5.41) is 8.61. The van der Waals surface area contributed by atoms with Crippen molar-refractivity contribution in [2.45, 2.75) is 0 Å². The van der Waals surface area contributed by atoms with Crippen LogP contribution in [0.5, 0.6) is 0 Å². The fourth-order valence-electron chi connectivity index (χ4n) is 1.17. The number of nitrogens with zero attached hydrogens (tertiary/aromatic N) is 1. The fourth-order valence-corrected chi connectivity index (χ4v) is 1.17. The maximum Gasteiger partial charge on any atom is 0.371 e. The molecule has 0 aliphatic carbocycles. The van der Waals surface area contributed by atoms with E-state index in [0.29, 0.717) is 0 Å². The van der Waals surface area contributed by atoms with Gasteiger partial charge in [-0.05, 0) is 18.2 Å². The van der Waals surface area contributed by atoms with Crippen molar-refractivity contribution >= 4 is 5.97 Å². The average Bonchev–Trinajstić information content (AvgIpc) is 2.67. The highest BCUT2D eigenvalue weighted by Gasteiger charge is 2.12. The van der Waals surface area contributed by atoms with E-state index in [2.05, 4.69) is 4.98 Å². The van der Waals surface area contributed by atoms with Gasteiger partial charge >= 0.3 is 5.97 Å². The minimum absolute atomic E-state index is 0.173. The van der Waals surface area contributed by atoms with E-state index >= 15 is 0 Å². The lowest BCUT2D eigenvalue weighted by Gasteiger charge is -1.96. The predicted octanol–water partition coefficient (Wildman–Crippen LogP) is 2.18. The molecule has 0 spiro atoms. The minimum Gasteiger partial charge on any atom is -0.475 e. The van der Waals surface area contributed by atoms with Gasteiger partial charge < -0.3 is 9.52 Å². The number of rotatable bonds is 2. The molecule has 0 radical (unpaired) electrons. The van der Waals surface area contributed by atoms with Gasteiger partial charge in [0.15, 0.2) is 5.82 Å². The van der Waals surface area contributed by atoms with Crippen molar-refractivity contribution in [3.05, 3.63) is 42.2 Å². The molecule has 2 rings (SSSR count). The summed E-state index contributed by atoms with van der Waals surface area (Å²) in [6.45, 7) is 0. The van der Waals surface area contributed by atoms with E-state index in [1.165, 1.54) is 24.4 Å². The molecule has 5 heteroatoms. The molecule has 0 bridgehead atoms. The lowest BCUT2D eigenvalue weighted by molar-refractivity contribution is 0.0663. The zero-order valence-electron chi connectivity index (χ0n) is 7.48. The molecular weight excluding hydrogens is 201 g/mol. The van der Waals surface area contributed by atoms with Crippen LogP contribution in [0.1, 0.15) is 10.6 Å². The van der Waals surface area contributed by atoms with Crippen LogP contribution in [0.25, 0.3) is 11.3 Å². The highest BCUT2D eigenvalue weighted by atomic mass is 19.1. The topological polar surface area (TPSA) is 63.3 Å². The number of halogens is 1. The van der Waals surface area contributed by atoms with E-state index in [1.807, 2.05) is 0 Å². The largest absolute Gasteiger partial charge is 0.475 e. The summed E-state index contributed by atoms with van der Waals surface area (Å²) in [6.07, 6.45) is 2.44. The third-order valence-electron chi connectivity index (χ3n) is 1.85. The maximum absolute atomic E-state index is 13.2. The van der Waals surface area contributed by atoms with Crippen molar-refractivity contribution in [1.29, 1.82) is 0 Å². The predicted molar refractivity (Wildman–Crippen MR) is 48.9 cm³/mol. The third kappa shape index (κ3) is 1.71. The van der Waals surface area contributed by atoms with E-state index in [9.17, 15) is 9.18 Å². The summed E-state index contributed by atoms with van der Waals surface area (Å²) in [5.74, 6) is -1.78. The van der Waals surface area contributed by atoms with E-state index in [1.54, 1.807) is 0 Å². The number of carboxylic acids is 1. The van der Waals surface area contributed by atoms with Crippen LogP contribution in [0.2, 0.25) is 0 Å². The molecule has 15 heavy (non-hydrogen) atoms. The van der Waals surface area contributed by atoms with Gasteiger partial charge in [0.1, 0.15) is 5.76 Å². The van der Waals surface area contributed by atoms with Crippen LogP contribution in [-0.2, 0) is 0 Å². The van der Waals surface area contributed by atoms with Gasteiger partial charge in [-0.1, -0.05) is 0 Å². The Morgan fingerprint density at radius 2 is 2.20 bits per heavy atom. The monoisotopic (exact) mass is 207 g/mol. The van der Waals surface area contributed by atoms with Gasteiger partial charge in [0.25, 0.3) is 0 Å². The van der Waals surface area contributed by atoms with Crippen LogP contribution in [0.15, 0.2) is 35.0 Å². The first-order valence-electron chi connectivity index (χ1n) is 4.11. The lowest BCUT2D eigenvalue weighted by Crippen LogP contribution is -1.91. The normalized spacial score (nSPS) is 10.2. The first-order chi connectivity index (χ1) is 7.18. The number of hydrogen-bond donors (Lipinski definition) is 1. The molecule has 0 fully saturated rings. The van der Waals surface area contributed by atoms with Crippen molar-refractivity contribution < 1.29 is 18.7 Å². The van der Waals surface area contributed by atoms with Crippen molar-refractivity contribution in [3.8, 4) is 11.3 Å². The van der Waals surface area contributed by atoms with Gasteiger partial charge in [-0.25, -0.2) is 9.18 Å². The molecule has 0 saturated heterocycles. The Hall–Kier alpha value is -2.17. The fraction of sp³-hybridized carbons (Fsp3) is 0. The summed E-state index contributed by atoms with van der Waals surface area (Å²) < 4.78 is 18.2. The summed E-state index contributed by atoms with van der Waals surface area (Å²) >= 11 is 0. The molecule has 2 heterocycles. The average molecular weight is 207 g/mol. The third-order valence-corrected chi connectivity index (χ3v) is 1.85. The summed E-state index contributed by atoms with van der Waals surface area (Å²) in [6, 6.07) is 4.10. The Bertz CT molecular complexity index is 507. The molecular formula is C10H6FNO3. The molecule has 0 aliphatic heterocycles. The van der Waals surface area contributed by atoms with Crippen LogP contribution < -0.4 is 0 Å². The second kappa shape index (κ2) is 3.53. The highest BCUT2D eigenvalue weighted by molar-refractivity contribution is 5.85. The van der Waals surface area contributed by atoms with Crippen molar-refractivity contribution in [3.63, 3.8) is 0 Å². The zero-order valence-corrected chi connectivity index (χ0v) is 7.48. The second-order valence-electron chi connectivity index (χ2n) is 2.82. The summed E-state index contributed by atoms with van der Waals surface area (Å²) in [4.78, 5) is 14.1. The van der Waals surface area contributed by atoms with Gasteiger partial charge in [0.05, 0.1) is 11.8 Å². The molecule has 2 aromatic rings. The first kappa shape index (κ1) is 9.39. The van der Waals surface area contributed by atoms with Gasteiger partial charge in [0.2, 0.25) is 5.76 Å². The van der Waals surface area contributed by atoms with Crippen molar-refractivity contribution in [2.24, 2.45) is 0 Å². The van der Waals surface area contributed by atoms with E-state index < -0.39 is 11.8 Å². The van der Waals surface area contributed by atoms with Crippen LogP contribution in [0.3, 0.4) is 0 Å². The van der Waals surface area contributed by atoms with Gasteiger partial charge in [-0.3, -0.25) is 4.98 Å². The Morgan fingerprint density at radius 3 is 2.80 bits per heavy atom. The molecule has 0 atom stereocenters. The number of carboxylic acid groups (broad SMARTS) is 1. The SMILES string of the molecule is O=C(O)c1ccc(-c2ccncc2F)o1. The standard InChI is InChI=1S/C10H6FNO3/c11-7-5-12-4-3-6(7)8-1-2-9(15-8)10(13)14/h1-5H,(H,13,14). The van der Waals surface area contributed by atoms with Crippen molar-refractivity contribution in [1.82, 2.24) is 4.98 Å². The molecule has 0 saturated carbocycles. The van der Waals surface area contributed by atoms with Crippen LogP contribution in [0.4, 0.5) is 4.39 Å². The number of aromatic nitrogens is 1. The molecule has 1 N–H and O–H groups in total. The van der Waals surface area contributed by atoms with Crippen LogP contribution >= 0.6 is 0 Å². The minimum atomic E-state index is -1.18. The highest BCUT2D eigenvalue weighted by Crippen LogP contribution is 2.23. The molecule has 0 aromatic carbocycles. The Balaban J connectivity index is 2.46. The number of hydrogen-bond acceptors (Lipinski definition) is 3. The Labute approximate surface area is 84.0 Å². The first-order valence-corrected chi connectivity index (χ1v) is 4.11. The smallest absolute Gasteiger partial charge is 0.371 e. The number of pyridine rings is 1. The number of furan rings is 1. The van der Waals surface area contributed by atoms with E-state index in [4.69, 9.17) is 9.52 Å². The van der Waals surface area contributed by atoms with Gasteiger partial charge in [-0.15, -0.1) is 0 Å². The van der Waals surface area contributed by atoms with E-state index in [-0.39, 0.29) is 17.1 Å². The Morgan fingerprint density at radius 1 is 1.40 bits per heavy atom. The molecule has 4 nitrogen and oxygen atoms in total.